The summed E-state index contributed by atoms with van der Waals surface area (Å²) in [6.45, 7) is 3.70. The van der Waals surface area contributed by atoms with Gasteiger partial charge in [0.1, 0.15) is 18.5 Å². The van der Waals surface area contributed by atoms with Crippen LogP contribution in [-0.4, -0.2) is 35.8 Å². The highest BCUT2D eigenvalue weighted by atomic mass is 79.9. The summed E-state index contributed by atoms with van der Waals surface area (Å²) in [5, 5.41) is 12.7. The molecule has 0 fully saturated rings. The summed E-state index contributed by atoms with van der Waals surface area (Å²) in [7, 11) is 0. The number of hydrogen-bond acceptors (Lipinski definition) is 4. The van der Waals surface area contributed by atoms with E-state index < -0.39 is 17.6 Å². The Labute approximate surface area is 121 Å². The van der Waals surface area contributed by atoms with Crippen molar-refractivity contribution in [2.75, 3.05) is 13.2 Å². The van der Waals surface area contributed by atoms with Gasteiger partial charge in [0.05, 0.1) is 5.54 Å². The van der Waals surface area contributed by atoms with Crippen LogP contribution in [0.3, 0.4) is 0 Å². The molecule has 1 aromatic carbocycles. The largest absolute Gasteiger partial charge is 0.491 e. The Morgan fingerprint density at radius 2 is 2.05 bits per heavy atom. The number of primary amides is 1. The van der Waals surface area contributed by atoms with Crippen molar-refractivity contribution in [3.8, 4) is 5.75 Å². The number of halogens is 1. The molecule has 0 heterocycles. The maximum Gasteiger partial charge on any atom is 0.237 e. The van der Waals surface area contributed by atoms with Crippen molar-refractivity contribution >= 4 is 21.8 Å². The molecule has 1 aromatic rings. The van der Waals surface area contributed by atoms with Gasteiger partial charge in [-0.3, -0.25) is 4.79 Å². The van der Waals surface area contributed by atoms with Crippen LogP contribution >= 0.6 is 15.9 Å². The zero-order valence-corrected chi connectivity index (χ0v) is 12.6. The fourth-order valence-electron chi connectivity index (χ4n) is 1.24. The van der Waals surface area contributed by atoms with Crippen molar-refractivity contribution in [2.24, 2.45) is 5.73 Å². The monoisotopic (exact) mass is 330 g/mol. The molecule has 0 aliphatic heterocycles. The molecule has 0 spiro atoms. The minimum Gasteiger partial charge on any atom is -0.491 e. The number of β-amino-alcohol motifs (C(OH)–C–C–N with tert-alkyl or cyclic N) is 1. The van der Waals surface area contributed by atoms with Crippen LogP contribution in [0.15, 0.2) is 28.7 Å². The molecule has 0 saturated heterocycles. The molecule has 19 heavy (non-hydrogen) atoms. The van der Waals surface area contributed by atoms with E-state index in [9.17, 15) is 9.90 Å². The average molecular weight is 331 g/mol. The highest BCUT2D eigenvalue weighted by Crippen LogP contribution is 2.16. The Morgan fingerprint density at radius 1 is 1.47 bits per heavy atom. The first kappa shape index (κ1) is 15.9. The molecule has 0 aromatic heterocycles. The minimum absolute atomic E-state index is 0.142. The first-order valence-corrected chi connectivity index (χ1v) is 6.72. The number of amides is 1. The molecule has 5 nitrogen and oxygen atoms in total. The zero-order chi connectivity index (χ0) is 14.5. The van der Waals surface area contributed by atoms with Crippen LogP contribution < -0.4 is 15.8 Å². The first-order chi connectivity index (χ1) is 8.81. The number of benzene rings is 1. The van der Waals surface area contributed by atoms with Crippen LogP contribution in [0.4, 0.5) is 0 Å². The minimum atomic E-state index is -0.849. The number of carbonyl (C=O) groups is 1. The molecule has 1 atom stereocenters. The van der Waals surface area contributed by atoms with E-state index in [4.69, 9.17) is 10.5 Å². The summed E-state index contributed by atoms with van der Waals surface area (Å²) >= 11 is 3.33. The molecule has 0 radical (unpaired) electrons. The van der Waals surface area contributed by atoms with Gasteiger partial charge in [-0.1, -0.05) is 15.9 Å². The predicted octanol–water partition coefficient (Wildman–Crippen LogP) is 1.04. The van der Waals surface area contributed by atoms with Crippen molar-refractivity contribution in [2.45, 2.75) is 25.5 Å². The summed E-state index contributed by atoms with van der Waals surface area (Å²) in [6.07, 6.45) is -0.720. The van der Waals surface area contributed by atoms with Gasteiger partial charge < -0.3 is 20.9 Å². The second kappa shape index (κ2) is 6.88. The van der Waals surface area contributed by atoms with E-state index in [1.165, 1.54) is 0 Å². The van der Waals surface area contributed by atoms with Gasteiger partial charge in [-0.25, -0.2) is 0 Å². The molecule has 106 valence electrons. The number of nitrogens with one attached hydrogen (secondary N) is 1. The van der Waals surface area contributed by atoms with E-state index in [2.05, 4.69) is 21.2 Å². The highest BCUT2D eigenvalue weighted by molar-refractivity contribution is 9.10. The summed E-state index contributed by atoms with van der Waals surface area (Å²) in [6, 6.07) is 7.32. The number of aliphatic hydroxyl groups is 1. The summed E-state index contributed by atoms with van der Waals surface area (Å²) in [5.74, 6) is 0.213. The molecular weight excluding hydrogens is 312 g/mol. The predicted molar refractivity (Wildman–Crippen MR) is 76.9 cm³/mol. The second-order valence-electron chi connectivity index (χ2n) is 4.79. The van der Waals surface area contributed by atoms with Crippen molar-refractivity contribution in [3.05, 3.63) is 28.7 Å². The Hall–Kier alpha value is -1.11. The standard InChI is InChI=1S/C13H19BrN2O3/c1-13(2,12(15)18)16-7-10(17)8-19-11-5-3-9(14)4-6-11/h3-6,10,16-17H,7-8H2,1-2H3,(H2,15,18). The van der Waals surface area contributed by atoms with E-state index in [0.717, 1.165) is 4.47 Å². The van der Waals surface area contributed by atoms with Gasteiger partial charge in [0.15, 0.2) is 0 Å². The topological polar surface area (TPSA) is 84.6 Å². The van der Waals surface area contributed by atoms with Gasteiger partial charge >= 0.3 is 0 Å². The average Bonchev–Trinajstić information content (AvgIpc) is 2.35. The molecule has 6 heteroatoms. The Morgan fingerprint density at radius 3 is 2.58 bits per heavy atom. The van der Waals surface area contributed by atoms with Crippen molar-refractivity contribution in [1.82, 2.24) is 5.32 Å². The molecule has 4 N–H and O–H groups in total. The molecule has 1 unspecified atom stereocenters. The first-order valence-electron chi connectivity index (χ1n) is 5.92. The number of hydrogen-bond donors (Lipinski definition) is 3. The van der Waals surface area contributed by atoms with Crippen LogP contribution in [0.2, 0.25) is 0 Å². The maximum absolute atomic E-state index is 11.1. The third kappa shape index (κ3) is 5.59. The van der Waals surface area contributed by atoms with E-state index in [1.807, 2.05) is 12.1 Å². The lowest BCUT2D eigenvalue weighted by Gasteiger charge is -2.24. The van der Waals surface area contributed by atoms with Gasteiger partial charge in [-0.2, -0.15) is 0 Å². The third-order valence-corrected chi connectivity index (χ3v) is 3.18. The van der Waals surface area contributed by atoms with Crippen LogP contribution in [0, 0.1) is 0 Å². The van der Waals surface area contributed by atoms with E-state index >= 15 is 0 Å². The van der Waals surface area contributed by atoms with Crippen LogP contribution in [0.1, 0.15) is 13.8 Å². The van der Waals surface area contributed by atoms with Gasteiger partial charge in [-0.05, 0) is 38.1 Å². The lowest BCUT2D eigenvalue weighted by atomic mass is 10.1. The van der Waals surface area contributed by atoms with Gasteiger partial charge in [0, 0.05) is 11.0 Å². The van der Waals surface area contributed by atoms with Crippen molar-refractivity contribution < 1.29 is 14.6 Å². The van der Waals surface area contributed by atoms with E-state index in [1.54, 1.807) is 26.0 Å². The number of nitrogens with two attached hydrogens (primary N) is 1. The second-order valence-corrected chi connectivity index (χ2v) is 5.70. The zero-order valence-electron chi connectivity index (χ0n) is 11.0. The third-order valence-electron chi connectivity index (χ3n) is 2.65. The summed E-state index contributed by atoms with van der Waals surface area (Å²) in [5.41, 5.74) is 4.37. The number of carbonyl (C=O) groups excluding carboxylic acids is 1. The normalized spacial score (nSPS) is 13.1. The van der Waals surface area contributed by atoms with Crippen molar-refractivity contribution in [1.29, 1.82) is 0 Å². The number of rotatable bonds is 7. The molecule has 0 aliphatic carbocycles. The smallest absolute Gasteiger partial charge is 0.237 e. The van der Waals surface area contributed by atoms with Crippen LogP contribution in [-0.2, 0) is 4.79 Å². The summed E-state index contributed by atoms with van der Waals surface area (Å²) in [4.78, 5) is 11.1. The SMILES string of the molecule is CC(C)(NCC(O)COc1ccc(Br)cc1)C(N)=O. The Kier molecular flexibility index (Phi) is 5.78. The molecular formula is C13H19BrN2O3. The Bertz CT molecular complexity index is 420. The van der Waals surface area contributed by atoms with Crippen LogP contribution in [0.25, 0.3) is 0 Å². The molecule has 0 saturated carbocycles. The van der Waals surface area contributed by atoms with Gasteiger partial charge in [-0.15, -0.1) is 0 Å². The van der Waals surface area contributed by atoms with Crippen LogP contribution in [0.5, 0.6) is 5.75 Å². The number of aliphatic hydroxyl groups excluding tert-OH is 1. The van der Waals surface area contributed by atoms with E-state index in [0.29, 0.717) is 5.75 Å². The van der Waals surface area contributed by atoms with Gasteiger partial charge in [0.2, 0.25) is 5.91 Å². The van der Waals surface area contributed by atoms with Gasteiger partial charge in [0.25, 0.3) is 0 Å². The maximum atomic E-state index is 11.1. The van der Waals surface area contributed by atoms with E-state index in [-0.39, 0.29) is 13.2 Å². The fourth-order valence-corrected chi connectivity index (χ4v) is 1.51. The lowest BCUT2D eigenvalue weighted by molar-refractivity contribution is -0.123. The quantitative estimate of drug-likeness (QED) is 0.697. The molecule has 1 amide bonds. The molecule has 0 bridgehead atoms. The highest BCUT2D eigenvalue weighted by Gasteiger charge is 2.24. The summed E-state index contributed by atoms with van der Waals surface area (Å²) < 4.78 is 6.38. The number of ether oxygens (including phenoxy) is 1. The van der Waals surface area contributed by atoms with Crippen molar-refractivity contribution in [3.63, 3.8) is 0 Å². The molecule has 1 rings (SSSR count). The Balaban J connectivity index is 2.34. The molecule has 0 aliphatic rings. The fraction of sp³-hybridized carbons (Fsp3) is 0.462. The lowest BCUT2D eigenvalue weighted by Crippen LogP contribution is -2.53.